The minimum Gasteiger partial charge on any atom is -0.456 e. The molecule has 4 nitrogen and oxygen atoms in total. The molecule has 3 aromatic rings. The van der Waals surface area contributed by atoms with Gasteiger partial charge in [0.25, 0.3) is 0 Å². The SMILES string of the molecule is C=C(C)C(=O)OCc1c(Cc2ccccc2)nc(Cc2ccccc2)n1C. The fraction of sp³-hybridized carbons (Fsp3) is 0.217. The molecule has 0 fully saturated rings. The van der Waals surface area contributed by atoms with Crippen molar-refractivity contribution in [3.8, 4) is 0 Å². The van der Waals surface area contributed by atoms with Crippen LogP contribution < -0.4 is 0 Å². The number of carbonyl (C=O) groups is 1. The zero-order valence-corrected chi connectivity index (χ0v) is 15.8. The van der Waals surface area contributed by atoms with Crippen LogP contribution in [0.2, 0.25) is 0 Å². The van der Waals surface area contributed by atoms with Gasteiger partial charge in [-0.15, -0.1) is 0 Å². The summed E-state index contributed by atoms with van der Waals surface area (Å²) in [5.41, 5.74) is 4.62. The van der Waals surface area contributed by atoms with Gasteiger partial charge in [0.1, 0.15) is 12.4 Å². The Morgan fingerprint density at radius 2 is 1.56 bits per heavy atom. The molecule has 0 aliphatic carbocycles. The molecule has 1 aromatic heterocycles. The molecular weight excluding hydrogens is 336 g/mol. The first kappa shape index (κ1) is 18.6. The van der Waals surface area contributed by atoms with E-state index in [-0.39, 0.29) is 12.6 Å². The quantitative estimate of drug-likeness (QED) is 0.468. The highest BCUT2D eigenvalue weighted by molar-refractivity contribution is 5.86. The van der Waals surface area contributed by atoms with E-state index in [1.54, 1.807) is 6.92 Å². The number of esters is 1. The minimum absolute atomic E-state index is 0.187. The van der Waals surface area contributed by atoms with Crippen molar-refractivity contribution in [1.82, 2.24) is 9.55 Å². The van der Waals surface area contributed by atoms with Gasteiger partial charge in [-0.1, -0.05) is 67.2 Å². The standard InChI is InChI=1S/C23H24N2O2/c1-17(2)23(26)27-16-21-20(14-18-10-6-4-7-11-18)24-22(25(21)3)15-19-12-8-5-9-13-19/h4-13H,1,14-16H2,2-3H3. The van der Waals surface area contributed by atoms with E-state index < -0.39 is 0 Å². The molecule has 0 aliphatic heterocycles. The Balaban J connectivity index is 1.89. The highest BCUT2D eigenvalue weighted by atomic mass is 16.5. The molecule has 0 amide bonds. The van der Waals surface area contributed by atoms with Crippen molar-refractivity contribution in [2.24, 2.45) is 7.05 Å². The van der Waals surface area contributed by atoms with Gasteiger partial charge in [-0.3, -0.25) is 0 Å². The highest BCUT2D eigenvalue weighted by Crippen LogP contribution is 2.19. The zero-order valence-electron chi connectivity index (χ0n) is 15.8. The van der Waals surface area contributed by atoms with Gasteiger partial charge in [0.05, 0.1) is 11.4 Å². The normalized spacial score (nSPS) is 10.6. The second kappa shape index (κ2) is 8.49. The Bertz CT molecular complexity index is 928. The van der Waals surface area contributed by atoms with Crippen molar-refractivity contribution in [2.45, 2.75) is 26.4 Å². The van der Waals surface area contributed by atoms with Gasteiger partial charge in [0.2, 0.25) is 0 Å². The Morgan fingerprint density at radius 1 is 1.00 bits per heavy atom. The third-order valence-corrected chi connectivity index (χ3v) is 4.50. The van der Waals surface area contributed by atoms with Gasteiger partial charge >= 0.3 is 5.97 Å². The number of ether oxygens (including phenoxy) is 1. The van der Waals surface area contributed by atoms with E-state index in [9.17, 15) is 4.79 Å². The fourth-order valence-electron chi connectivity index (χ4n) is 2.95. The molecule has 0 saturated carbocycles. The summed E-state index contributed by atoms with van der Waals surface area (Å²) >= 11 is 0. The molecule has 0 spiro atoms. The van der Waals surface area contributed by atoms with Crippen molar-refractivity contribution in [1.29, 1.82) is 0 Å². The predicted molar refractivity (Wildman–Crippen MR) is 106 cm³/mol. The molecule has 0 unspecified atom stereocenters. The van der Waals surface area contributed by atoms with Crippen molar-refractivity contribution in [3.63, 3.8) is 0 Å². The molecule has 0 N–H and O–H groups in total. The molecule has 0 saturated heterocycles. The lowest BCUT2D eigenvalue weighted by Crippen LogP contribution is -2.10. The number of imidazole rings is 1. The van der Waals surface area contributed by atoms with Crippen LogP contribution in [-0.2, 0) is 36.0 Å². The monoisotopic (exact) mass is 360 g/mol. The second-order valence-corrected chi connectivity index (χ2v) is 6.66. The van der Waals surface area contributed by atoms with Crippen LogP contribution in [0, 0.1) is 0 Å². The molecule has 0 radical (unpaired) electrons. The maximum absolute atomic E-state index is 11.8. The van der Waals surface area contributed by atoms with Crippen LogP contribution in [0.3, 0.4) is 0 Å². The van der Waals surface area contributed by atoms with Crippen LogP contribution >= 0.6 is 0 Å². The van der Waals surface area contributed by atoms with E-state index in [0.717, 1.165) is 23.6 Å². The lowest BCUT2D eigenvalue weighted by molar-refractivity contribution is -0.140. The van der Waals surface area contributed by atoms with E-state index in [2.05, 4.69) is 30.8 Å². The number of hydrogen-bond donors (Lipinski definition) is 0. The lowest BCUT2D eigenvalue weighted by atomic mass is 10.1. The summed E-state index contributed by atoms with van der Waals surface area (Å²) in [5.74, 6) is 0.569. The first-order valence-electron chi connectivity index (χ1n) is 8.98. The van der Waals surface area contributed by atoms with Crippen molar-refractivity contribution < 1.29 is 9.53 Å². The first-order valence-corrected chi connectivity index (χ1v) is 8.98. The topological polar surface area (TPSA) is 44.1 Å². The Labute approximate surface area is 160 Å². The van der Waals surface area contributed by atoms with E-state index in [0.29, 0.717) is 12.0 Å². The average molecular weight is 360 g/mol. The number of nitrogens with zero attached hydrogens (tertiary/aromatic N) is 2. The molecule has 2 aromatic carbocycles. The number of carbonyl (C=O) groups excluding carboxylic acids is 1. The lowest BCUT2D eigenvalue weighted by Gasteiger charge is -2.09. The largest absolute Gasteiger partial charge is 0.456 e. The van der Waals surface area contributed by atoms with Crippen molar-refractivity contribution >= 4 is 5.97 Å². The summed E-state index contributed by atoms with van der Waals surface area (Å²) in [4.78, 5) is 16.7. The second-order valence-electron chi connectivity index (χ2n) is 6.66. The van der Waals surface area contributed by atoms with Crippen LogP contribution in [0.1, 0.15) is 35.3 Å². The summed E-state index contributed by atoms with van der Waals surface area (Å²) in [6.07, 6.45) is 1.43. The summed E-state index contributed by atoms with van der Waals surface area (Å²) in [6.45, 7) is 5.48. The number of hydrogen-bond acceptors (Lipinski definition) is 3. The molecular formula is C23H24N2O2. The van der Waals surface area contributed by atoms with Gasteiger partial charge in [-0.25, -0.2) is 9.78 Å². The van der Waals surface area contributed by atoms with Gasteiger partial charge in [-0.05, 0) is 18.1 Å². The smallest absolute Gasteiger partial charge is 0.333 e. The first-order chi connectivity index (χ1) is 13.0. The van der Waals surface area contributed by atoms with Gasteiger partial charge in [0.15, 0.2) is 0 Å². The summed E-state index contributed by atoms with van der Waals surface area (Å²) in [5, 5.41) is 0. The Morgan fingerprint density at radius 3 is 2.11 bits per heavy atom. The van der Waals surface area contributed by atoms with Crippen LogP contribution in [0.5, 0.6) is 0 Å². The molecule has 27 heavy (non-hydrogen) atoms. The number of rotatable bonds is 7. The van der Waals surface area contributed by atoms with Gasteiger partial charge in [0, 0.05) is 25.5 Å². The van der Waals surface area contributed by atoms with E-state index in [4.69, 9.17) is 9.72 Å². The predicted octanol–water partition coefficient (Wildman–Crippen LogP) is 4.22. The fourth-order valence-corrected chi connectivity index (χ4v) is 2.95. The molecule has 138 valence electrons. The van der Waals surface area contributed by atoms with Crippen LogP contribution in [0.15, 0.2) is 72.8 Å². The Kier molecular flexibility index (Phi) is 5.87. The maximum atomic E-state index is 11.8. The van der Waals surface area contributed by atoms with E-state index in [1.807, 2.05) is 48.0 Å². The molecule has 0 bridgehead atoms. The molecule has 1 heterocycles. The molecule has 4 heteroatoms. The van der Waals surface area contributed by atoms with Crippen LogP contribution in [-0.4, -0.2) is 15.5 Å². The van der Waals surface area contributed by atoms with Gasteiger partial charge in [-0.2, -0.15) is 0 Å². The third kappa shape index (κ3) is 4.73. The number of aromatic nitrogens is 2. The number of benzene rings is 2. The van der Waals surface area contributed by atoms with E-state index in [1.165, 1.54) is 11.1 Å². The highest BCUT2D eigenvalue weighted by Gasteiger charge is 2.17. The molecule has 3 rings (SSSR count). The van der Waals surface area contributed by atoms with E-state index >= 15 is 0 Å². The maximum Gasteiger partial charge on any atom is 0.333 e. The van der Waals surface area contributed by atoms with Crippen molar-refractivity contribution in [2.75, 3.05) is 0 Å². The van der Waals surface area contributed by atoms with Gasteiger partial charge < -0.3 is 9.30 Å². The summed E-state index contributed by atoms with van der Waals surface area (Å²) in [7, 11) is 1.98. The van der Waals surface area contributed by atoms with Crippen LogP contribution in [0.4, 0.5) is 0 Å². The molecule has 0 atom stereocenters. The molecule has 0 aliphatic rings. The summed E-state index contributed by atoms with van der Waals surface area (Å²) < 4.78 is 7.45. The summed E-state index contributed by atoms with van der Waals surface area (Å²) in [6, 6.07) is 20.4. The Hall–Kier alpha value is -3.14. The van der Waals surface area contributed by atoms with Crippen LogP contribution in [0.25, 0.3) is 0 Å². The average Bonchev–Trinajstić information content (AvgIpc) is 2.96. The minimum atomic E-state index is -0.383. The zero-order chi connectivity index (χ0) is 19.2. The third-order valence-electron chi connectivity index (χ3n) is 4.50. The van der Waals surface area contributed by atoms with Crippen molar-refractivity contribution in [3.05, 3.63) is 101 Å².